The molecule has 0 atom stereocenters. The predicted molar refractivity (Wildman–Crippen MR) is 91.5 cm³/mol. The van der Waals surface area contributed by atoms with Crippen molar-refractivity contribution >= 4 is 38.4 Å². The zero-order valence-corrected chi connectivity index (χ0v) is 13.8. The Balaban J connectivity index is 1.78. The van der Waals surface area contributed by atoms with Gasteiger partial charge in [0.1, 0.15) is 5.52 Å². The number of aromatic nitrogens is 1. The summed E-state index contributed by atoms with van der Waals surface area (Å²) in [6, 6.07) is 12.4. The van der Waals surface area contributed by atoms with Gasteiger partial charge in [0.05, 0.1) is 15.8 Å². The standard InChI is InChI=1S/C16H15BrN4O/c1-9(2)21-14-7-6-10(8-13(14)19-20-21)16-18-12-5-3-4-11(17)15(12)22-16/h3-9,19-20H,1-2H3. The first-order valence-corrected chi connectivity index (χ1v) is 7.93. The Bertz CT molecular complexity index is 858. The van der Waals surface area contributed by atoms with Gasteiger partial charge in [-0.2, -0.15) is 0 Å². The molecule has 2 aromatic carbocycles. The Labute approximate surface area is 136 Å². The van der Waals surface area contributed by atoms with Gasteiger partial charge in [0.2, 0.25) is 5.89 Å². The summed E-state index contributed by atoms with van der Waals surface area (Å²) in [7, 11) is 0. The van der Waals surface area contributed by atoms with Gasteiger partial charge in [0.25, 0.3) is 0 Å². The van der Waals surface area contributed by atoms with Crippen LogP contribution in [0.2, 0.25) is 0 Å². The monoisotopic (exact) mass is 358 g/mol. The second kappa shape index (κ2) is 5.00. The minimum atomic E-state index is 0.361. The Morgan fingerprint density at radius 3 is 2.86 bits per heavy atom. The molecule has 0 saturated heterocycles. The maximum Gasteiger partial charge on any atom is 0.227 e. The highest BCUT2D eigenvalue weighted by molar-refractivity contribution is 9.10. The van der Waals surface area contributed by atoms with E-state index < -0.39 is 0 Å². The molecule has 0 unspecified atom stereocenters. The van der Waals surface area contributed by atoms with Crippen molar-refractivity contribution in [1.82, 2.24) is 10.5 Å². The van der Waals surface area contributed by atoms with Gasteiger partial charge in [0.15, 0.2) is 5.58 Å². The van der Waals surface area contributed by atoms with E-state index in [-0.39, 0.29) is 0 Å². The van der Waals surface area contributed by atoms with Crippen molar-refractivity contribution in [2.24, 2.45) is 0 Å². The number of rotatable bonds is 2. The first kappa shape index (κ1) is 13.6. The van der Waals surface area contributed by atoms with Crippen LogP contribution < -0.4 is 16.0 Å². The van der Waals surface area contributed by atoms with Gasteiger partial charge >= 0.3 is 0 Å². The van der Waals surface area contributed by atoms with E-state index >= 15 is 0 Å². The molecule has 1 aromatic heterocycles. The molecule has 6 heteroatoms. The number of halogens is 1. The fourth-order valence-corrected chi connectivity index (χ4v) is 3.04. The smallest absolute Gasteiger partial charge is 0.227 e. The van der Waals surface area contributed by atoms with E-state index in [4.69, 9.17) is 4.42 Å². The van der Waals surface area contributed by atoms with Crippen LogP contribution >= 0.6 is 15.9 Å². The molecule has 4 rings (SSSR count). The molecule has 22 heavy (non-hydrogen) atoms. The van der Waals surface area contributed by atoms with Crippen LogP contribution in [0.15, 0.2) is 45.3 Å². The third-order valence-electron chi connectivity index (χ3n) is 3.70. The number of anilines is 2. The maximum absolute atomic E-state index is 5.90. The second-order valence-electron chi connectivity index (χ2n) is 5.54. The molecule has 3 aromatic rings. The van der Waals surface area contributed by atoms with E-state index in [1.165, 1.54) is 0 Å². The minimum Gasteiger partial charge on any atom is -0.435 e. The number of nitrogens with one attached hydrogen (secondary N) is 2. The van der Waals surface area contributed by atoms with Crippen molar-refractivity contribution in [3.8, 4) is 11.5 Å². The number of fused-ring (bicyclic) bond motifs is 2. The molecular formula is C16H15BrN4O. The normalized spacial score (nSPS) is 13.7. The van der Waals surface area contributed by atoms with Crippen molar-refractivity contribution in [2.45, 2.75) is 19.9 Å². The van der Waals surface area contributed by atoms with E-state index in [0.29, 0.717) is 11.9 Å². The fraction of sp³-hybridized carbons (Fsp3) is 0.188. The van der Waals surface area contributed by atoms with Gasteiger partial charge in [-0.05, 0) is 60.1 Å². The predicted octanol–water partition coefficient (Wildman–Crippen LogP) is 4.32. The highest BCUT2D eigenvalue weighted by Crippen LogP contribution is 2.36. The summed E-state index contributed by atoms with van der Waals surface area (Å²) in [5.74, 6) is 0.620. The molecule has 0 spiro atoms. The van der Waals surface area contributed by atoms with Gasteiger partial charge in [0, 0.05) is 11.6 Å². The van der Waals surface area contributed by atoms with E-state index in [2.05, 4.69) is 56.8 Å². The number of hydrogen-bond donors (Lipinski definition) is 2. The summed E-state index contributed by atoms with van der Waals surface area (Å²) in [6.45, 7) is 4.27. The molecule has 0 fully saturated rings. The van der Waals surface area contributed by atoms with E-state index in [1.807, 2.05) is 30.3 Å². The van der Waals surface area contributed by atoms with Gasteiger partial charge in [-0.15, -0.1) is 5.53 Å². The van der Waals surface area contributed by atoms with Crippen LogP contribution in [0.4, 0.5) is 11.4 Å². The third kappa shape index (κ3) is 2.07. The van der Waals surface area contributed by atoms with Crippen molar-refractivity contribution in [3.63, 3.8) is 0 Å². The third-order valence-corrected chi connectivity index (χ3v) is 4.32. The molecule has 0 bridgehead atoms. The topological polar surface area (TPSA) is 53.3 Å². The first-order valence-electron chi connectivity index (χ1n) is 7.14. The lowest BCUT2D eigenvalue weighted by Gasteiger charge is -2.21. The Hall–Kier alpha value is -2.05. The quantitative estimate of drug-likeness (QED) is 0.714. The van der Waals surface area contributed by atoms with Crippen LogP contribution in [0.3, 0.4) is 0 Å². The molecular weight excluding hydrogens is 344 g/mol. The molecule has 2 N–H and O–H groups in total. The molecule has 1 aliphatic rings. The van der Waals surface area contributed by atoms with Crippen molar-refractivity contribution in [2.75, 3.05) is 10.4 Å². The molecule has 2 heterocycles. The average molecular weight is 359 g/mol. The lowest BCUT2D eigenvalue weighted by atomic mass is 10.1. The number of benzene rings is 2. The largest absolute Gasteiger partial charge is 0.435 e. The summed E-state index contributed by atoms with van der Waals surface area (Å²) < 4.78 is 6.81. The van der Waals surface area contributed by atoms with Crippen molar-refractivity contribution in [1.29, 1.82) is 0 Å². The number of oxazole rings is 1. The minimum absolute atomic E-state index is 0.361. The van der Waals surface area contributed by atoms with E-state index in [1.54, 1.807) is 0 Å². The summed E-state index contributed by atoms with van der Waals surface area (Å²) in [5.41, 5.74) is 11.1. The van der Waals surface area contributed by atoms with Gasteiger partial charge < -0.3 is 9.84 Å². The molecule has 112 valence electrons. The highest BCUT2D eigenvalue weighted by Gasteiger charge is 2.22. The lowest BCUT2D eigenvalue weighted by molar-refractivity contribution is 0.618. The van der Waals surface area contributed by atoms with E-state index in [9.17, 15) is 0 Å². The summed E-state index contributed by atoms with van der Waals surface area (Å²) in [5, 5.41) is 2.09. The first-order chi connectivity index (χ1) is 10.6. The maximum atomic E-state index is 5.90. The molecule has 0 aliphatic carbocycles. The molecule has 0 amide bonds. The van der Waals surface area contributed by atoms with Crippen LogP contribution in [0.1, 0.15) is 13.8 Å². The molecule has 0 radical (unpaired) electrons. The Morgan fingerprint density at radius 1 is 1.23 bits per heavy atom. The summed E-state index contributed by atoms with van der Waals surface area (Å²) >= 11 is 3.49. The van der Waals surface area contributed by atoms with Crippen molar-refractivity contribution < 1.29 is 4.42 Å². The van der Waals surface area contributed by atoms with Crippen LogP contribution in [0.25, 0.3) is 22.6 Å². The zero-order chi connectivity index (χ0) is 15.3. The van der Waals surface area contributed by atoms with E-state index in [0.717, 1.165) is 32.5 Å². The van der Waals surface area contributed by atoms with Crippen LogP contribution in [-0.4, -0.2) is 11.0 Å². The fourth-order valence-electron chi connectivity index (χ4n) is 2.61. The Kier molecular flexibility index (Phi) is 3.09. The van der Waals surface area contributed by atoms with Gasteiger partial charge in [-0.1, -0.05) is 6.07 Å². The lowest BCUT2D eigenvalue weighted by Crippen LogP contribution is -2.41. The van der Waals surface area contributed by atoms with Crippen LogP contribution in [0, 0.1) is 0 Å². The summed E-state index contributed by atoms with van der Waals surface area (Å²) in [6.07, 6.45) is 0. The summed E-state index contributed by atoms with van der Waals surface area (Å²) in [4.78, 5) is 4.56. The zero-order valence-electron chi connectivity index (χ0n) is 12.2. The average Bonchev–Trinajstić information content (AvgIpc) is 3.11. The Morgan fingerprint density at radius 2 is 2.09 bits per heavy atom. The molecule has 0 saturated carbocycles. The van der Waals surface area contributed by atoms with Crippen molar-refractivity contribution in [3.05, 3.63) is 40.9 Å². The second-order valence-corrected chi connectivity index (χ2v) is 6.39. The number of hydrogen-bond acceptors (Lipinski definition) is 5. The number of hydrazine groups is 2. The number of nitrogens with zero attached hydrogens (tertiary/aromatic N) is 2. The van der Waals surface area contributed by atoms with Crippen LogP contribution in [0.5, 0.6) is 0 Å². The SMILES string of the molecule is CC(C)N1NNc2cc(-c3nc4cccc(Br)c4o3)ccc21. The molecule has 5 nitrogen and oxygen atoms in total. The van der Waals surface area contributed by atoms with Crippen LogP contribution in [-0.2, 0) is 0 Å². The van der Waals surface area contributed by atoms with Gasteiger partial charge in [-0.25, -0.2) is 4.98 Å². The molecule has 1 aliphatic heterocycles. The highest BCUT2D eigenvalue weighted by atomic mass is 79.9. The van der Waals surface area contributed by atoms with Gasteiger partial charge in [-0.3, -0.25) is 5.01 Å². The number of para-hydroxylation sites is 1.